The van der Waals surface area contributed by atoms with Gasteiger partial charge in [0.2, 0.25) is 0 Å². The average molecular weight is 513 g/mol. The fourth-order valence-electron chi connectivity index (χ4n) is 4.19. The maximum absolute atomic E-state index is 15.5. The summed E-state index contributed by atoms with van der Waals surface area (Å²) in [5, 5.41) is 8.34. The summed E-state index contributed by atoms with van der Waals surface area (Å²) in [6.45, 7) is 3.36. The lowest BCUT2D eigenvalue weighted by atomic mass is 10.0. The number of nitrogens with zero attached hydrogens (tertiary/aromatic N) is 4. The molecule has 0 spiro atoms. The van der Waals surface area contributed by atoms with E-state index in [1.807, 2.05) is 6.07 Å². The molecule has 0 saturated carbocycles. The maximum atomic E-state index is 15.5. The number of halogens is 3. The van der Waals surface area contributed by atoms with Gasteiger partial charge in [0, 0.05) is 78.4 Å². The molecule has 1 aliphatic heterocycles. The van der Waals surface area contributed by atoms with Crippen LogP contribution in [0.5, 0.6) is 0 Å². The molecule has 4 aromatic rings. The van der Waals surface area contributed by atoms with Gasteiger partial charge >= 0.3 is 0 Å². The lowest BCUT2D eigenvalue weighted by molar-refractivity contribution is 0.582. The highest BCUT2D eigenvalue weighted by atomic mass is 35.5. The van der Waals surface area contributed by atoms with E-state index in [1.165, 1.54) is 28.8 Å². The summed E-state index contributed by atoms with van der Waals surface area (Å²) in [4.78, 5) is 6.21. The Morgan fingerprint density at radius 1 is 1.03 bits per heavy atom. The molecule has 0 aliphatic carbocycles. The number of hydrogen-bond acceptors (Lipinski definition) is 6. The van der Waals surface area contributed by atoms with Crippen molar-refractivity contribution in [3.63, 3.8) is 0 Å². The van der Waals surface area contributed by atoms with Crippen LogP contribution in [-0.2, 0) is 0 Å². The third kappa shape index (κ3) is 4.84. The summed E-state index contributed by atoms with van der Waals surface area (Å²) in [7, 11) is 0. The van der Waals surface area contributed by atoms with E-state index >= 15 is 8.78 Å². The van der Waals surface area contributed by atoms with Gasteiger partial charge < -0.3 is 14.9 Å². The zero-order valence-corrected chi connectivity index (χ0v) is 20.5. The maximum Gasteiger partial charge on any atom is 0.155 e. The first-order chi connectivity index (χ1) is 17.0. The molecule has 1 aliphatic rings. The van der Waals surface area contributed by atoms with Crippen molar-refractivity contribution in [3.8, 4) is 28.1 Å². The van der Waals surface area contributed by atoms with Crippen LogP contribution in [0.2, 0.25) is 5.02 Å². The lowest BCUT2D eigenvalue weighted by Crippen LogP contribution is -2.43. The highest BCUT2D eigenvalue weighted by Gasteiger charge is 2.21. The molecule has 35 heavy (non-hydrogen) atoms. The van der Waals surface area contributed by atoms with Crippen LogP contribution in [0.4, 0.5) is 20.2 Å². The molecular weight excluding hydrogens is 490 g/mol. The highest BCUT2D eigenvalue weighted by Crippen LogP contribution is 2.38. The molecule has 2 aromatic carbocycles. The van der Waals surface area contributed by atoms with E-state index in [1.54, 1.807) is 49.1 Å². The van der Waals surface area contributed by atoms with Crippen LogP contribution in [0, 0.1) is 11.6 Å². The van der Waals surface area contributed by atoms with Gasteiger partial charge in [0.1, 0.15) is 11.4 Å². The predicted molar refractivity (Wildman–Crippen MR) is 139 cm³/mol. The average Bonchev–Trinajstić information content (AvgIpc) is 3.32. The van der Waals surface area contributed by atoms with Crippen molar-refractivity contribution >= 4 is 34.9 Å². The van der Waals surface area contributed by atoms with Gasteiger partial charge in [-0.25, -0.2) is 13.5 Å². The number of piperazine rings is 1. The first-order valence-corrected chi connectivity index (χ1v) is 12.7. The molecule has 0 amide bonds. The Kier molecular flexibility index (Phi) is 6.90. The number of hydrogen-bond donors (Lipinski definition) is 2. The van der Waals surface area contributed by atoms with E-state index in [4.69, 9.17) is 11.6 Å². The van der Waals surface area contributed by atoms with Gasteiger partial charge in [0.05, 0.1) is 5.69 Å². The topological polar surface area (TPSA) is 58.0 Å². The minimum Gasteiger partial charge on any atom is -0.369 e. The number of anilines is 2. The van der Waals surface area contributed by atoms with E-state index < -0.39 is 11.6 Å². The van der Waals surface area contributed by atoms with Gasteiger partial charge in [-0.15, -0.1) is 0 Å². The van der Waals surface area contributed by atoms with Gasteiger partial charge in [-0.2, -0.15) is 5.10 Å². The minimum atomic E-state index is -0.465. The van der Waals surface area contributed by atoms with Gasteiger partial charge in [0.25, 0.3) is 0 Å². The summed E-state index contributed by atoms with van der Waals surface area (Å²) >= 11 is 7.59. The molecular formula is C25H23ClF2N6S. The van der Waals surface area contributed by atoms with E-state index in [0.717, 1.165) is 37.4 Å². The van der Waals surface area contributed by atoms with Crippen molar-refractivity contribution in [2.75, 3.05) is 42.1 Å². The van der Waals surface area contributed by atoms with Crippen LogP contribution >= 0.6 is 23.5 Å². The third-order valence-electron chi connectivity index (χ3n) is 5.87. The minimum absolute atomic E-state index is 0.264. The van der Waals surface area contributed by atoms with Crippen LogP contribution in [0.15, 0.2) is 61.1 Å². The molecule has 0 radical (unpaired) electrons. The molecule has 180 valence electrons. The standard InChI is InChI=1S/C25H23ClF2N6S/c1-35-32-22-13-17(26)12-19(24(22)28)20-15-34(31-25(20)16-4-6-29-7-5-16)23-3-2-18(14-21(23)27)33-10-8-30-9-11-33/h2-7,12-15,30,32H,8-11H2,1H3. The van der Waals surface area contributed by atoms with E-state index in [2.05, 4.69) is 25.0 Å². The molecule has 6 nitrogen and oxygen atoms in total. The Balaban J connectivity index is 1.63. The van der Waals surface area contributed by atoms with Gasteiger partial charge in [-0.3, -0.25) is 4.98 Å². The molecule has 3 heterocycles. The molecule has 0 unspecified atom stereocenters. The number of benzene rings is 2. The summed E-state index contributed by atoms with van der Waals surface area (Å²) in [6.07, 6.45) is 6.70. The zero-order valence-electron chi connectivity index (χ0n) is 18.9. The van der Waals surface area contributed by atoms with Crippen LogP contribution in [-0.4, -0.2) is 47.2 Å². The van der Waals surface area contributed by atoms with Crippen molar-refractivity contribution in [2.45, 2.75) is 0 Å². The second kappa shape index (κ2) is 10.2. The van der Waals surface area contributed by atoms with Crippen molar-refractivity contribution in [2.24, 2.45) is 0 Å². The van der Waals surface area contributed by atoms with Crippen molar-refractivity contribution in [1.82, 2.24) is 20.1 Å². The summed E-state index contributed by atoms with van der Waals surface area (Å²) in [5.74, 6) is -0.874. The monoisotopic (exact) mass is 512 g/mol. The van der Waals surface area contributed by atoms with Crippen LogP contribution < -0.4 is 14.9 Å². The van der Waals surface area contributed by atoms with Crippen LogP contribution in [0.1, 0.15) is 0 Å². The number of pyridine rings is 1. The van der Waals surface area contributed by atoms with E-state index in [-0.39, 0.29) is 16.9 Å². The number of aromatic nitrogens is 3. The predicted octanol–water partition coefficient (Wildman–Crippen LogP) is 5.63. The Bertz CT molecular complexity index is 1340. The van der Waals surface area contributed by atoms with Crippen molar-refractivity contribution in [3.05, 3.63) is 77.7 Å². The summed E-state index contributed by atoms with van der Waals surface area (Å²) in [5.41, 5.74) is 3.34. The molecule has 1 fully saturated rings. The Hall–Kier alpha value is -3.14. The quantitative estimate of drug-likeness (QED) is 0.326. The second-order valence-corrected chi connectivity index (χ2v) is 9.11. The second-order valence-electron chi connectivity index (χ2n) is 8.07. The highest BCUT2D eigenvalue weighted by molar-refractivity contribution is 7.99. The first-order valence-electron chi connectivity index (χ1n) is 11.1. The van der Waals surface area contributed by atoms with E-state index in [0.29, 0.717) is 16.3 Å². The summed E-state index contributed by atoms with van der Waals surface area (Å²) < 4.78 is 35.2. The molecule has 10 heteroatoms. The molecule has 2 aromatic heterocycles. The van der Waals surface area contributed by atoms with Crippen molar-refractivity contribution < 1.29 is 8.78 Å². The SMILES string of the molecule is CSNc1cc(Cl)cc(-c2cn(-c3ccc(N4CCNCC4)cc3F)nc2-c2ccncc2)c1F. The van der Waals surface area contributed by atoms with Gasteiger partial charge in [0.15, 0.2) is 11.6 Å². The molecule has 0 bridgehead atoms. The Morgan fingerprint density at radius 2 is 1.80 bits per heavy atom. The fourth-order valence-corrected chi connectivity index (χ4v) is 4.77. The van der Waals surface area contributed by atoms with Gasteiger partial charge in [-0.05, 0) is 42.5 Å². The summed E-state index contributed by atoms with van der Waals surface area (Å²) in [6, 6.07) is 11.8. The number of rotatable bonds is 6. The smallest absolute Gasteiger partial charge is 0.155 e. The van der Waals surface area contributed by atoms with Crippen LogP contribution in [0.25, 0.3) is 28.1 Å². The van der Waals surface area contributed by atoms with E-state index in [9.17, 15) is 0 Å². The molecule has 0 atom stereocenters. The third-order valence-corrected chi connectivity index (χ3v) is 6.51. The fraction of sp³-hybridized carbons (Fsp3) is 0.200. The number of nitrogens with one attached hydrogen (secondary N) is 2. The normalized spacial score (nSPS) is 13.8. The molecule has 1 saturated heterocycles. The Morgan fingerprint density at radius 3 is 2.51 bits per heavy atom. The Labute approximate surface area is 211 Å². The van der Waals surface area contributed by atoms with Crippen LogP contribution in [0.3, 0.4) is 0 Å². The van der Waals surface area contributed by atoms with Gasteiger partial charge in [-0.1, -0.05) is 23.5 Å². The molecule has 2 N–H and O–H groups in total. The zero-order chi connectivity index (χ0) is 24.4. The van der Waals surface area contributed by atoms with Crippen molar-refractivity contribution in [1.29, 1.82) is 0 Å². The lowest BCUT2D eigenvalue weighted by Gasteiger charge is -2.29. The largest absolute Gasteiger partial charge is 0.369 e. The molecule has 5 rings (SSSR count). The first kappa shape index (κ1) is 23.6.